The van der Waals surface area contributed by atoms with Crippen molar-refractivity contribution in [2.75, 3.05) is 13.2 Å². The summed E-state index contributed by atoms with van der Waals surface area (Å²) in [4.78, 5) is 0. The summed E-state index contributed by atoms with van der Waals surface area (Å²) in [5.74, 6) is -0.349. The lowest BCUT2D eigenvalue weighted by atomic mass is 10.0. The largest absolute Gasteiger partial charge is 0.381 e. The first-order valence-corrected chi connectivity index (χ1v) is 6.60. The molecule has 1 aliphatic rings. The molecule has 0 N–H and O–H groups in total. The summed E-state index contributed by atoms with van der Waals surface area (Å²) in [6.07, 6.45) is 5.42. The first kappa shape index (κ1) is 12.8. The third kappa shape index (κ3) is 2.43. The van der Waals surface area contributed by atoms with Crippen LogP contribution in [0.15, 0.2) is 30.6 Å². The topological polar surface area (TPSA) is 50.8 Å². The number of halogens is 1. The summed E-state index contributed by atoms with van der Waals surface area (Å²) in [5.41, 5.74) is 1.82. The molecule has 0 amide bonds. The molecule has 4 nitrogen and oxygen atoms in total. The molecule has 5 heteroatoms. The number of rotatable bonds is 2. The molecule has 1 saturated heterocycles. The van der Waals surface area contributed by atoms with Crippen molar-refractivity contribution in [3.05, 3.63) is 42.0 Å². The Hall–Kier alpha value is -2.19. The molecule has 20 heavy (non-hydrogen) atoms. The van der Waals surface area contributed by atoms with E-state index < -0.39 is 0 Å². The van der Waals surface area contributed by atoms with E-state index in [1.54, 1.807) is 6.20 Å². The van der Waals surface area contributed by atoms with Gasteiger partial charge in [-0.1, -0.05) is 0 Å². The molecule has 1 aromatic heterocycles. The lowest BCUT2D eigenvalue weighted by molar-refractivity contribution is 0.0662. The van der Waals surface area contributed by atoms with E-state index in [9.17, 15) is 4.39 Å². The van der Waals surface area contributed by atoms with Gasteiger partial charge < -0.3 is 4.74 Å². The van der Waals surface area contributed by atoms with Gasteiger partial charge in [0.05, 0.1) is 23.9 Å². The average Bonchev–Trinajstić information content (AvgIpc) is 2.98. The van der Waals surface area contributed by atoms with Gasteiger partial charge in [-0.15, -0.1) is 0 Å². The minimum atomic E-state index is -0.349. The van der Waals surface area contributed by atoms with Crippen molar-refractivity contribution in [1.29, 1.82) is 5.26 Å². The van der Waals surface area contributed by atoms with Crippen molar-refractivity contribution in [1.82, 2.24) is 9.78 Å². The van der Waals surface area contributed by atoms with Gasteiger partial charge in [0.1, 0.15) is 5.82 Å². The first-order valence-electron chi connectivity index (χ1n) is 6.60. The molecule has 0 saturated carbocycles. The zero-order valence-electron chi connectivity index (χ0n) is 10.9. The quantitative estimate of drug-likeness (QED) is 0.843. The van der Waals surface area contributed by atoms with Gasteiger partial charge in [0, 0.05) is 30.5 Å². The number of nitriles is 1. The minimum absolute atomic E-state index is 0.316. The van der Waals surface area contributed by atoms with Crippen molar-refractivity contribution < 1.29 is 9.13 Å². The minimum Gasteiger partial charge on any atom is -0.381 e. The van der Waals surface area contributed by atoms with Crippen molar-refractivity contribution in [2.24, 2.45) is 0 Å². The molecule has 0 atom stereocenters. The Morgan fingerprint density at radius 3 is 2.90 bits per heavy atom. The van der Waals surface area contributed by atoms with Crippen LogP contribution < -0.4 is 0 Å². The van der Waals surface area contributed by atoms with Gasteiger partial charge in [-0.25, -0.2) is 4.39 Å². The molecule has 1 aliphatic heterocycles. The Bertz CT molecular complexity index is 653. The van der Waals surface area contributed by atoms with E-state index in [0.717, 1.165) is 31.6 Å². The summed E-state index contributed by atoms with van der Waals surface area (Å²) in [7, 11) is 0. The Balaban J connectivity index is 1.94. The van der Waals surface area contributed by atoms with E-state index in [1.165, 1.54) is 18.2 Å². The Labute approximate surface area is 116 Å². The average molecular weight is 271 g/mol. The van der Waals surface area contributed by atoms with Crippen LogP contribution in [0.4, 0.5) is 4.39 Å². The molecule has 0 spiro atoms. The van der Waals surface area contributed by atoms with Gasteiger partial charge in [0.25, 0.3) is 0 Å². The van der Waals surface area contributed by atoms with Crippen molar-refractivity contribution in [2.45, 2.75) is 18.9 Å². The van der Waals surface area contributed by atoms with Crippen LogP contribution in [0.2, 0.25) is 0 Å². The maximum atomic E-state index is 13.4. The number of aromatic nitrogens is 2. The third-order valence-corrected chi connectivity index (χ3v) is 3.58. The molecule has 0 unspecified atom stereocenters. The number of ether oxygens (including phenoxy) is 1. The molecule has 0 radical (unpaired) electrons. The molecule has 1 fully saturated rings. The second-order valence-electron chi connectivity index (χ2n) is 4.85. The number of nitrogens with zero attached hydrogens (tertiary/aromatic N) is 3. The van der Waals surface area contributed by atoms with Crippen LogP contribution >= 0.6 is 0 Å². The summed E-state index contributed by atoms with van der Waals surface area (Å²) < 4.78 is 20.6. The predicted molar refractivity (Wildman–Crippen MR) is 71.4 cm³/mol. The van der Waals surface area contributed by atoms with Crippen LogP contribution in [-0.4, -0.2) is 23.0 Å². The fourth-order valence-corrected chi connectivity index (χ4v) is 2.48. The van der Waals surface area contributed by atoms with E-state index in [1.807, 2.05) is 10.9 Å². The molecule has 2 heterocycles. The second-order valence-corrected chi connectivity index (χ2v) is 4.85. The Morgan fingerprint density at radius 2 is 2.15 bits per heavy atom. The van der Waals surface area contributed by atoms with E-state index >= 15 is 0 Å². The highest BCUT2D eigenvalue weighted by atomic mass is 19.1. The molecule has 3 rings (SSSR count). The summed E-state index contributed by atoms with van der Waals surface area (Å²) in [6, 6.07) is 6.57. The van der Waals surface area contributed by atoms with Gasteiger partial charge in [0.15, 0.2) is 0 Å². The smallest absolute Gasteiger partial charge is 0.123 e. The van der Waals surface area contributed by atoms with Gasteiger partial charge in [-0.05, 0) is 31.0 Å². The fraction of sp³-hybridized carbons (Fsp3) is 0.333. The number of benzene rings is 1. The van der Waals surface area contributed by atoms with Crippen LogP contribution in [0.5, 0.6) is 0 Å². The zero-order chi connectivity index (χ0) is 13.9. The molecule has 0 aliphatic carbocycles. The van der Waals surface area contributed by atoms with E-state index in [4.69, 9.17) is 10.00 Å². The van der Waals surface area contributed by atoms with E-state index in [0.29, 0.717) is 17.2 Å². The molecule has 102 valence electrons. The molecule has 0 bridgehead atoms. The Kier molecular flexibility index (Phi) is 3.48. The standard InChI is InChI=1S/C15H14FN3O/c16-13-2-1-11(8-17)15(7-13)12-9-18-19(10-12)14-3-5-20-6-4-14/h1-2,7,9-10,14H,3-6H2. The van der Waals surface area contributed by atoms with E-state index in [2.05, 4.69) is 11.2 Å². The molecule has 1 aromatic carbocycles. The lowest BCUT2D eigenvalue weighted by Gasteiger charge is -2.22. The highest BCUT2D eigenvalue weighted by molar-refractivity contribution is 5.69. The summed E-state index contributed by atoms with van der Waals surface area (Å²) in [6.45, 7) is 1.48. The first-order chi connectivity index (χ1) is 9.78. The lowest BCUT2D eigenvalue weighted by Crippen LogP contribution is -2.19. The van der Waals surface area contributed by atoms with Gasteiger partial charge >= 0.3 is 0 Å². The second kappa shape index (κ2) is 5.43. The monoisotopic (exact) mass is 271 g/mol. The van der Waals surface area contributed by atoms with Gasteiger partial charge in [-0.2, -0.15) is 10.4 Å². The fourth-order valence-electron chi connectivity index (χ4n) is 2.48. The summed E-state index contributed by atoms with van der Waals surface area (Å²) in [5, 5.41) is 13.5. The summed E-state index contributed by atoms with van der Waals surface area (Å²) >= 11 is 0. The molecular weight excluding hydrogens is 257 g/mol. The number of hydrogen-bond acceptors (Lipinski definition) is 3. The SMILES string of the molecule is N#Cc1ccc(F)cc1-c1cnn(C2CCOCC2)c1. The van der Waals surface area contributed by atoms with Crippen LogP contribution in [0.3, 0.4) is 0 Å². The maximum absolute atomic E-state index is 13.4. The predicted octanol–water partition coefficient (Wildman–Crippen LogP) is 2.91. The highest BCUT2D eigenvalue weighted by Gasteiger charge is 2.17. The van der Waals surface area contributed by atoms with Crippen molar-refractivity contribution in [3.8, 4) is 17.2 Å². The zero-order valence-corrected chi connectivity index (χ0v) is 10.9. The normalized spacial score (nSPS) is 16.0. The number of hydrogen-bond donors (Lipinski definition) is 0. The van der Waals surface area contributed by atoms with Crippen molar-refractivity contribution in [3.63, 3.8) is 0 Å². The Morgan fingerprint density at radius 1 is 1.35 bits per heavy atom. The van der Waals surface area contributed by atoms with Gasteiger partial charge in [0.2, 0.25) is 0 Å². The van der Waals surface area contributed by atoms with Crippen molar-refractivity contribution >= 4 is 0 Å². The van der Waals surface area contributed by atoms with Crippen LogP contribution in [0.25, 0.3) is 11.1 Å². The van der Waals surface area contributed by atoms with Gasteiger partial charge in [-0.3, -0.25) is 4.68 Å². The molecular formula is C15H14FN3O. The van der Waals surface area contributed by atoms with Crippen LogP contribution in [0, 0.1) is 17.1 Å². The maximum Gasteiger partial charge on any atom is 0.123 e. The van der Waals surface area contributed by atoms with Crippen LogP contribution in [0.1, 0.15) is 24.4 Å². The highest BCUT2D eigenvalue weighted by Crippen LogP contribution is 2.27. The molecule has 2 aromatic rings. The third-order valence-electron chi connectivity index (χ3n) is 3.58. The van der Waals surface area contributed by atoms with Crippen LogP contribution in [-0.2, 0) is 4.74 Å². The van der Waals surface area contributed by atoms with E-state index in [-0.39, 0.29) is 5.82 Å².